The van der Waals surface area contributed by atoms with Gasteiger partial charge >= 0.3 is 0 Å². The molecule has 0 saturated carbocycles. The molecule has 2 heterocycles. The summed E-state index contributed by atoms with van der Waals surface area (Å²) in [6.07, 6.45) is 0.768. The molecule has 1 amide bonds. The van der Waals surface area contributed by atoms with E-state index in [-0.39, 0.29) is 12.5 Å². The zero-order chi connectivity index (χ0) is 26.3. The number of aryl methyl sites for hydroxylation is 2. The molecule has 0 aliphatic carbocycles. The topological polar surface area (TPSA) is 58.6 Å². The number of carbonyl (C=O) groups is 1. The van der Waals surface area contributed by atoms with Crippen LogP contribution in [-0.2, 0) is 22.6 Å². The summed E-state index contributed by atoms with van der Waals surface area (Å²) in [6, 6.07) is 28.7. The second-order valence-electron chi connectivity index (χ2n) is 9.81. The van der Waals surface area contributed by atoms with E-state index in [1.807, 2.05) is 65.6 Å². The van der Waals surface area contributed by atoms with Crippen molar-refractivity contribution in [3.8, 4) is 11.4 Å². The largest absolute Gasteiger partial charge is 0.367 e. The number of amides is 1. The van der Waals surface area contributed by atoms with Gasteiger partial charge in [-0.2, -0.15) is 0 Å². The number of nitrogens with zero attached hydrogens (tertiary/aromatic N) is 4. The van der Waals surface area contributed by atoms with Crippen molar-refractivity contribution < 1.29 is 9.53 Å². The van der Waals surface area contributed by atoms with Crippen LogP contribution in [0.5, 0.6) is 0 Å². The van der Waals surface area contributed by atoms with E-state index in [0.29, 0.717) is 19.7 Å². The monoisotopic (exact) mass is 506 g/mol. The third kappa shape index (κ3) is 6.26. The number of rotatable bonds is 8. The van der Waals surface area contributed by atoms with Crippen molar-refractivity contribution in [2.24, 2.45) is 0 Å². The number of hydrogen-bond donors (Lipinski definition) is 0. The fourth-order valence-electron chi connectivity index (χ4n) is 4.88. The molecule has 6 heteroatoms. The highest BCUT2D eigenvalue weighted by Crippen LogP contribution is 2.28. The quantitative estimate of drug-likeness (QED) is 0.328. The van der Waals surface area contributed by atoms with E-state index >= 15 is 0 Å². The summed E-state index contributed by atoms with van der Waals surface area (Å²) < 4.78 is 5.70. The zero-order valence-corrected chi connectivity index (χ0v) is 22.1. The van der Waals surface area contributed by atoms with E-state index < -0.39 is 0 Å². The van der Waals surface area contributed by atoms with Gasteiger partial charge in [-0.25, -0.2) is 9.97 Å². The number of anilines is 1. The normalized spacial score (nSPS) is 13.5. The Hall–Kier alpha value is -4.03. The number of hydrogen-bond acceptors (Lipinski definition) is 5. The summed E-state index contributed by atoms with van der Waals surface area (Å²) in [4.78, 5) is 27.0. The molecule has 1 aromatic heterocycles. The van der Waals surface area contributed by atoms with Crippen molar-refractivity contribution in [1.29, 1.82) is 0 Å². The first-order valence-electron chi connectivity index (χ1n) is 13.2. The molecule has 0 unspecified atom stereocenters. The highest BCUT2D eigenvalue weighted by molar-refractivity contribution is 5.77. The molecule has 5 rings (SSSR count). The van der Waals surface area contributed by atoms with Crippen LogP contribution >= 0.6 is 0 Å². The molecular weight excluding hydrogens is 472 g/mol. The summed E-state index contributed by atoms with van der Waals surface area (Å²) in [5.74, 6) is 1.73. The predicted octanol–water partition coefficient (Wildman–Crippen LogP) is 5.22. The summed E-state index contributed by atoms with van der Waals surface area (Å²) in [7, 11) is 0. The average molecular weight is 507 g/mol. The lowest BCUT2D eigenvalue weighted by molar-refractivity contribution is -0.136. The van der Waals surface area contributed by atoms with Crippen LogP contribution in [0.15, 0.2) is 84.9 Å². The third-order valence-electron chi connectivity index (χ3n) is 6.96. The van der Waals surface area contributed by atoms with Crippen LogP contribution in [-0.4, -0.2) is 53.6 Å². The van der Waals surface area contributed by atoms with Crippen LogP contribution in [0.1, 0.15) is 27.9 Å². The predicted molar refractivity (Wildman–Crippen MR) is 151 cm³/mol. The van der Waals surface area contributed by atoms with E-state index in [1.165, 1.54) is 11.1 Å². The minimum atomic E-state index is 0.0319. The maximum atomic E-state index is 12.8. The van der Waals surface area contributed by atoms with E-state index in [1.54, 1.807) is 0 Å². The van der Waals surface area contributed by atoms with Crippen LogP contribution in [0.2, 0.25) is 0 Å². The van der Waals surface area contributed by atoms with Crippen molar-refractivity contribution in [2.45, 2.75) is 26.9 Å². The summed E-state index contributed by atoms with van der Waals surface area (Å²) in [5.41, 5.74) is 6.69. The number of carbonyl (C=O) groups excluding carboxylic acids is 1. The molecule has 1 saturated heterocycles. The van der Waals surface area contributed by atoms with Crippen LogP contribution in [0.4, 0.5) is 5.82 Å². The van der Waals surface area contributed by atoms with Gasteiger partial charge in [0.25, 0.3) is 0 Å². The van der Waals surface area contributed by atoms with Crippen molar-refractivity contribution in [1.82, 2.24) is 14.9 Å². The average Bonchev–Trinajstić information content (AvgIpc) is 2.95. The lowest BCUT2D eigenvalue weighted by Crippen LogP contribution is -2.50. The first-order valence-corrected chi connectivity index (χ1v) is 13.2. The smallest absolute Gasteiger partial charge is 0.248 e. The zero-order valence-electron chi connectivity index (χ0n) is 22.1. The van der Waals surface area contributed by atoms with Crippen LogP contribution < -0.4 is 4.90 Å². The third-order valence-corrected chi connectivity index (χ3v) is 6.96. The molecule has 0 bridgehead atoms. The summed E-state index contributed by atoms with van der Waals surface area (Å²) >= 11 is 0. The van der Waals surface area contributed by atoms with Crippen molar-refractivity contribution in [2.75, 3.05) is 37.7 Å². The Bertz CT molecular complexity index is 1370. The molecule has 0 atom stereocenters. The fourth-order valence-corrected chi connectivity index (χ4v) is 4.88. The van der Waals surface area contributed by atoms with Gasteiger partial charge in [-0.15, -0.1) is 0 Å². The van der Waals surface area contributed by atoms with Gasteiger partial charge in [0.15, 0.2) is 5.82 Å². The van der Waals surface area contributed by atoms with Gasteiger partial charge in [-0.05, 0) is 25.0 Å². The van der Waals surface area contributed by atoms with Crippen LogP contribution in [0.3, 0.4) is 0 Å². The Morgan fingerprint density at radius 3 is 2.21 bits per heavy atom. The van der Waals surface area contributed by atoms with E-state index in [9.17, 15) is 4.79 Å². The van der Waals surface area contributed by atoms with Crippen molar-refractivity contribution in [3.05, 3.63) is 113 Å². The number of piperazine rings is 1. The number of aromatic nitrogens is 2. The SMILES string of the molecule is Cc1cccc(Cc2c(C)nc(-c3ccccc3)nc2N2CCN(C(=O)COCc3ccccc3)CC2)c1. The highest BCUT2D eigenvalue weighted by Gasteiger charge is 2.25. The van der Waals surface area contributed by atoms with Crippen molar-refractivity contribution in [3.63, 3.8) is 0 Å². The molecule has 194 valence electrons. The van der Waals surface area contributed by atoms with E-state index in [4.69, 9.17) is 14.7 Å². The minimum Gasteiger partial charge on any atom is -0.367 e. The van der Waals surface area contributed by atoms with Gasteiger partial charge in [0.1, 0.15) is 12.4 Å². The van der Waals surface area contributed by atoms with Gasteiger partial charge < -0.3 is 14.5 Å². The Balaban J connectivity index is 1.31. The van der Waals surface area contributed by atoms with E-state index in [2.05, 4.69) is 43.0 Å². The number of benzene rings is 3. The second-order valence-corrected chi connectivity index (χ2v) is 9.81. The fraction of sp³-hybridized carbons (Fsp3) is 0.281. The first-order chi connectivity index (χ1) is 18.6. The molecule has 1 aliphatic rings. The number of ether oxygens (including phenoxy) is 1. The molecule has 0 spiro atoms. The Kier molecular flexibility index (Phi) is 8.09. The molecule has 38 heavy (non-hydrogen) atoms. The maximum Gasteiger partial charge on any atom is 0.248 e. The lowest BCUT2D eigenvalue weighted by Gasteiger charge is -2.36. The molecular formula is C32H34N4O2. The van der Waals surface area contributed by atoms with Crippen LogP contribution in [0, 0.1) is 13.8 Å². The maximum absolute atomic E-state index is 12.8. The summed E-state index contributed by atoms with van der Waals surface area (Å²) in [5, 5.41) is 0. The standard InChI is InChI=1S/C32H34N4O2/c1-24-10-9-13-27(20-24)21-29-25(2)33-31(28-14-7-4-8-15-28)34-32(29)36-18-16-35(17-19-36)30(37)23-38-22-26-11-5-3-6-12-26/h3-15,20H,16-19,21-23H2,1-2H3. The first kappa shape index (κ1) is 25.6. The van der Waals surface area contributed by atoms with Crippen molar-refractivity contribution >= 4 is 11.7 Å². The van der Waals surface area contributed by atoms with Gasteiger partial charge in [-0.1, -0.05) is 90.5 Å². The lowest BCUT2D eigenvalue weighted by atomic mass is 10.0. The van der Waals surface area contributed by atoms with Crippen LogP contribution in [0.25, 0.3) is 11.4 Å². The van der Waals surface area contributed by atoms with E-state index in [0.717, 1.165) is 53.5 Å². The minimum absolute atomic E-state index is 0.0319. The molecule has 0 N–H and O–H groups in total. The Morgan fingerprint density at radius 1 is 0.816 bits per heavy atom. The second kappa shape index (κ2) is 12.0. The molecule has 1 fully saturated rings. The Morgan fingerprint density at radius 2 is 1.50 bits per heavy atom. The Labute approximate surface area is 224 Å². The highest BCUT2D eigenvalue weighted by atomic mass is 16.5. The van der Waals surface area contributed by atoms with Gasteiger partial charge in [0.05, 0.1) is 6.61 Å². The molecule has 6 nitrogen and oxygen atoms in total. The summed E-state index contributed by atoms with van der Waals surface area (Å²) in [6.45, 7) is 7.45. The molecule has 1 aliphatic heterocycles. The molecule has 3 aromatic carbocycles. The van der Waals surface area contributed by atoms with Gasteiger partial charge in [0, 0.05) is 49.4 Å². The molecule has 4 aromatic rings. The van der Waals surface area contributed by atoms with Gasteiger partial charge in [-0.3, -0.25) is 4.79 Å². The molecule has 0 radical (unpaired) electrons. The van der Waals surface area contributed by atoms with Gasteiger partial charge in [0.2, 0.25) is 5.91 Å².